The van der Waals surface area contributed by atoms with Crippen molar-refractivity contribution in [3.8, 4) is 5.75 Å². The van der Waals surface area contributed by atoms with Crippen molar-refractivity contribution in [3.63, 3.8) is 0 Å². The van der Waals surface area contributed by atoms with Gasteiger partial charge < -0.3 is 10.1 Å². The second kappa shape index (κ2) is 7.30. The molecule has 0 heterocycles. The van der Waals surface area contributed by atoms with E-state index in [1.807, 2.05) is 57.2 Å². The SMILES string of the molecule is Cc1cc(NC(=O)C2(c3ccccc3)CCCC2)ccc1OC(C)C. The Labute approximate surface area is 150 Å². The first-order valence-corrected chi connectivity index (χ1v) is 9.15. The van der Waals surface area contributed by atoms with Crippen molar-refractivity contribution in [1.29, 1.82) is 0 Å². The molecule has 1 aliphatic carbocycles. The lowest BCUT2D eigenvalue weighted by molar-refractivity contribution is -0.121. The maximum Gasteiger partial charge on any atom is 0.235 e. The largest absolute Gasteiger partial charge is 0.491 e. The topological polar surface area (TPSA) is 38.3 Å². The van der Waals surface area contributed by atoms with E-state index in [2.05, 4.69) is 17.4 Å². The number of nitrogens with one attached hydrogen (secondary N) is 1. The van der Waals surface area contributed by atoms with Gasteiger partial charge in [0.15, 0.2) is 0 Å². The number of ether oxygens (including phenoxy) is 1. The average Bonchev–Trinajstić information content (AvgIpc) is 3.09. The Morgan fingerprint density at radius 2 is 1.76 bits per heavy atom. The molecule has 3 heteroatoms. The van der Waals surface area contributed by atoms with E-state index in [0.717, 1.165) is 48.2 Å². The van der Waals surface area contributed by atoms with Gasteiger partial charge in [0.25, 0.3) is 0 Å². The normalized spacial score (nSPS) is 16.0. The van der Waals surface area contributed by atoms with E-state index >= 15 is 0 Å². The highest BCUT2D eigenvalue weighted by molar-refractivity contribution is 5.99. The Morgan fingerprint density at radius 3 is 2.36 bits per heavy atom. The molecule has 0 radical (unpaired) electrons. The molecule has 1 N–H and O–H groups in total. The van der Waals surface area contributed by atoms with E-state index in [1.54, 1.807) is 0 Å². The van der Waals surface area contributed by atoms with Gasteiger partial charge in [-0.1, -0.05) is 43.2 Å². The minimum Gasteiger partial charge on any atom is -0.491 e. The highest BCUT2D eigenvalue weighted by atomic mass is 16.5. The monoisotopic (exact) mass is 337 g/mol. The maximum absolute atomic E-state index is 13.2. The molecular formula is C22H27NO2. The second-order valence-corrected chi connectivity index (χ2v) is 7.26. The number of rotatable bonds is 5. The summed E-state index contributed by atoms with van der Waals surface area (Å²) < 4.78 is 5.78. The van der Waals surface area contributed by atoms with Crippen LogP contribution in [-0.2, 0) is 10.2 Å². The number of carbonyl (C=O) groups is 1. The zero-order chi connectivity index (χ0) is 17.9. The highest BCUT2D eigenvalue weighted by Gasteiger charge is 2.42. The minimum atomic E-state index is -0.401. The standard InChI is InChI=1S/C22H27NO2/c1-16(2)25-20-12-11-19(15-17(20)3)23-21(24)22(13-7-8-14-22)18-9-5-4-6-10-18/h4-6,9-12,15-16H,7-8,13-14H2,1-3H3,(H,23,24). The summed E-state index contributed by atoms with van der Waals surface area (Å²) in [6.45, 7) is 6.04. The molecule has 1 aliphatic rings. The zero-order valence-electron chi connectivity index (χ0n) is 15.3. The lowest BCUT2D eigenvalue weighted by atomic mass is 9.78. The summed E-state index contributed by atoms with van der Waals surface area (Å²) in [5.41, 5.74) is 2.59. The van der Waals surface area contributed by atoms with Crippen LogP contribution in [0.2, 0.25) is 0 Å². The number of anilines is 1. The first-order valence-electron chi connectivity index (χ1n) is 9.15. The summed E-state index contributed by atoms with van der Waals surface area (Å²) in [6.07, 6.45) is 4.16. The van der Waals surface area contributed by atoms with Crippen LogP contribution in [0.1, 0.15) is 50.7 Å². The molecule has 0 unspecified atom stereocenters. The van der Waals surface area contributed by atoms with Gasteiger partial charge in [0.1, 0.15) is 5.75 Å². The third-order valence-corrected chi connectivity index (χ3v) is 5.01. The lowest BCUT2D eigenvalue weighted by Gasteiger charge is -2.28. The predicted molar refractivity (Wildman–Crippen MR) is 102 cm³/mol. The van der Waals surface area contributed by atoms with Crippen molar-refractivity contribution >= 4 is 11.6 Å². The quantitative estimate of drug-likeness (QED) is 0.811. The fourth-order valence-corrected chi connectivity index (χ4v) is 3.75. The van der Waals surface area contributed by atoms with Crippen molar-refractivity contribution < 1.29 is 9.53 Å². The zero-order valence-corrected chi connectivity index (χ0v) is 15.3. The van der Waals surface area contributed by atoms with Crippen LogP contribution in [0.15, 0.2) is 48.5 Å². The van der Waals surface area contributed by atoms with Crippen molar-refractivity contribution in [1.82, 2.24) is 0 Å². The fraction of sp³-hybridized carbons (Fsp3) is 0.409. The number of hydrogen-bond acceptors (Lipinski definition) is 2. The molecule has 1 fully saturated rings. The number of benzene rings is 2. The van der Waals surface area contributed by atoms with E-state index in [-0.39, 0.29) is 12.0 Å². The van der Waals surface area contributed by atoms with Gasteiger partial charge >= 0.3 is 0 Å². The molecule has 1 saturated carbocycles. The van der Waals surface area contributed by atoms with Gasteiger partial charge in [-0.25, -0.2) is 0 Å². The van der Waals surface area contributed by atoms with E-state index in [4.69, 9.17) is 4.74 Å². The van der Waals surface area contributed by atoms with Gasteiger partial charge in [-0.05, 0) is 62.9 Å². The Morgan fingerprint density at radius 1 is 1.08 bits per heavy atom. The summed E-state index contributed by atoms with van der Waals surface area (Å²) in [5.74, 6) is 0.972. The van der Waals surface area contributed by atoms with E-state index in [1.165, 1.54) is 0 Å². The molecule has 0 aromatic heterocycles. The van der Waals surface area contributed by atoms with E-state index in [0.29, 0.717) is 0 Å². The molecule has 0 spiro atoms. The van der Waals surface area contributed by atoms with Gasteiger partial charge in [0.05, 0.1) is 11.5 Å². The highest BCUT2D eigenvalue weighted by Crippen LogP contribution is 2.42. The van der Waals surface area contributed by atoms with Crippen LogP contribution in [0.4, 0.5) is 5.69 Å². The third-order valence-electron chi connectivity index (χ3n) is 5.01. The van der Waals surface area contributed by atoms with Crippen LogP contribution < -0.4 is 10.1 Å². The molecule has 3 rings (SSSR count). The van der Waals surface area contributed by atoms with Gasteiger partial charge in [-0.15, -0.1) is 0 Å². The number of hydrogen-bond donors (Lipinski definition) is 1. The van der Waals surface area contributed by atoms with Gasteiger partial charge in [-0.3, -0.25) is 4.79 Å². The van der Waals surface area contributed by atoms with E-state index in [9.17, 15) is 4.79 Å². The Hall–Kier alpha value is -2.29. The van der Waals surface area contributed by atoms with Crippen molar-refractivity contribution in [2.75, 3.05) is 5.32 Å². The summed E-state index contributed by atoms with van der Waals surface area (Å²) >= 11 is 0. The maximum atomic E-state index is 13.2. The van der Waals surface area contributed by atoms with Crippen LogP contribution in [0.5, 0.6) is 5.75 Å². The van der Waals surface area contributed by atoms with Crippen LogP contribution >= 0.6 is 0 Å². The fourth-order valence-electron chi connectivity index (χ4n) is 3.75. The Kier molecular flexibility index (Phi) is 5.12. The summed E-state index contributed by atoms with van der Waals surface area (Å²) in [7, 11) is 0. The summed E-state index contributed by atoms with van der Waals surface area (Å²) in [6, 6.07) is 16.1. The number of amides is 1. The minimum absolute atomic E-state index is 0.105. The average molecular weight is 337 g/mol. The smallest absolute Gasteiger partial charge is 0.235 e. The van der Waals surface area contributed by atoms with Crippen LogP contribution in [0.3, 0.4) is 0 Å². The van der Waals surface area contributed by atoms with E-state index < -0.39 is 5.41 Å². The molecule has 132 valence electrons. The third kappa shape index (κ3) is 3.71. The first kappa shape index (κ1) is 17.5. The molecule has 0 saturated heterocycles. The molecule has 0 atom stereocenters. The first-order chi connectivity index (χ1) is 12.0. The lowest BCUT2D eigenvalue weighted by Crippen LogP contribution is -2.37. The Bertz CT molecular complexity index is 731. The second-order valence-electron chi connectivity index (χ2n) is 7.26. The van der Waals surface area contributed by atoms with Gasteiger partial charge in [0.2, 0.25) is 5.91 Å². The van der Waals surface area contributed by atoms with Crippen molar-refractivity contribution in [2.24, 2.45) is 0 Å². The van der Waals surface area contributed by atoms with Gasteiger partial charge in [-0.2, -0.15) is 0 Å². The van der Waals surface area contributed by atoms with Crippen LogP contribution in [0, 0.1) is 6.92 Å². The molecule has 25 heavy (non-hydrogen) atoms. The number of aryl methyl sites for hydroxylation is 1. The summed E-state index contributed by atoms with van der Waals surface area (Å²) in [4.78, 5) is 13.2. The van der Waals surface area contributed by atoms with Gasteiger partial charge in [0, 0.05) is 5.69 Å². The molecule has 0 aliphatic heterocycles. The number of carbonyl (C=O) groups excluding carboxylic acids is 1. The molecule has 3 nitrogen and oxygen atoms in total. The van der Waals surface area contributed by atoms with Crippen molar-refractivity contribution in [2.45, 2.75) is 58.0 Å². The molecular weight excluding hydrogens is 310 g/mol. The molecule has 0 bridgehead atoms. The van der Waals surface area contributed by atoms with Crippen LogP contribution in [0.25, 0.3) is 0 Å². The summed E-state index contributed by atoms with van der Waals surface area (Å²) in [5, 5.41) is 3.15. The molecule has 2 aromatic carbocycles. The molecule has 1 amide bonds. The Balaban J connectivity index is 1.82. The van der Waals surface area contributed by atoms with Crippen LogP contribution in [-0.4, -0.2) is 12.0 Å². The molecule has 2 aromatic rings. The van der Waals surface area contributed by atoms with Crippen molar-refractivity contribution in [3.05, 3.63) is 59.7 Å². The predicted octanol–water partition coefficient (Wildman–Crippen LogP) is 5.23.